The van der Waals surface area contributed by atoms with E-state index >= 15 is 0 Å². The third kappa shape index (κ3) is 4.62. The van der Waals surface area contributed by atoms with Crippen LogP contribution in [0.3, 0.4) is 0 Å². The fraction of sp³-hybridized carbons (Fsp3) is 0.240. The standard InChI is InChI=1S/C25H27N3O3S/c1-17-9-11-21(12-10-17)32(29,30)31-20-8-6-7-19(16-20)23-24(27-25(3,4)5)28-14-13-18(2)15-22(28)26-23/h6-16,27H,1-5H3. The number of aromatic nitrogens is 2. The molecule has 2 heterocycles. The lowest BCUT2D eigenvalue weighted by Gasteiger charge is -2.22. The fourth-order valence-electron chi connectivity index (χ4n) is 3.40. The molecule has 2 aromatic heterocycles. The molecule has 0 amide bonds. The molecule has 4 rings (SSSR count). The van der Waals surface area contributed by atoms with Crippen LogP contribution in [0.15, 0.2) is 71.8 Å². The minimum absolute atomic E-state index is 0.117. The Morgan fingerprint density at radius 2 is 1.66 bits per heavy atom. The van der Waals surface area contributed by atoms with Crippen molar-refractivity contribution in [1.29, 1.82) is 0 Å². The molecule has 0 fully saturated rings. The van der Waals surface area contributed by atoms with Crippen molar-refractivity contribution >= 4 is 21.6 Å². The van der Waals surface area contributed by atoms with Gasteiger partial charge in [-0.25, -0.2) is 4.98 Å². The van der Waals surface area contributed by atoms with E-state index in [1.807, 2.05) is 42.6 Å². The second-order valence-corrected chi connectivity index (χ2v) is 10.5. The number of hydrogen-bond donors (Lipinski definition) is 1. The van der Waals surface area contributed by atoms with Crippen molar-refractivity contribution < 1.29 is 12.6 Å². The molecule has 0 aliphatic heterocycles. The number of benzene rings is 2. The maximum absolute atomic E-state index is 12.7. The normalized spacial score (nSPS) is 12.2. The highest BCUT2D eigenvalue weighted by atomic mass is 32.2. The number of imidazole rings is 1. The van der Waals surface area contributed by atoms with Crippen molar-refractivity contribution in [2.24, 2.45) is 0 Å². The van der Waals surface area contributed by atoms with Crippen molar-refractivity contribution in [3.8, 4) is 17.0 Å². The van der Waals surface area contributed by atoms with Crippen LogP contribution in [0, 0.1) is 13.8 Å². The summed E-state index contributed by atoms with van der Waals surface area (Å²) in [6.45, 7) is 10.2. The van der Waals surface area contributed by atoms with Crippen LogP contribution in [-0.4, -0.2) is 23.3 Å². The van der Waals surface area contributed by atoms with Gasteiger partial charge in [-0.1, -0.05) is 29.8 Å². The lowest BCUT2D eigenvalue weighted by molar-refractivity contribution is 0.486. The third-order valence-electron chi connectivity index (χ3n) is 4.90. The zero-order valence-corrected chi connectivity index (χ0v) is 19.7. The van der Waals surface area contributed by atoms with Gasteiger partial charge in [0, 0.05) is 17.3 Å². The summed E-state index contributed by atoms with van der Waals surface area (Å²) in [7, 11) is -3.94. The Balaban J connectivity index is 1.76. The summed E-state index contributed by atoms with van der Waals surface area (Å²) in [6, 6.07) is 17.6. The van der Waals surface area contributed by atoms with Gasteiger partial charge >= 0.3 is 10.1 Å². The predicted molar refractivity (Wildman–Crippen MR) is 128 cm³/mol. The largest absolute Gasteiger partial charge is 0.379 e. The van der Waals surface area contributed by atoms with Crippen LogP contribution < -0.4 is 9.50 Å². The molecule has 32 heavy (non-hydrogen) atoms. The van der Waals surface area contributed by atoms with E-state index in [1.165, 1.54) is 0 Å². The Morgan fingerprint density at radius 1 is 0.938 bits per heavy atom. The second kappa shape index (κ2) is 7.98. The molecule has 2 aromatic carbocycles. The number of nitrogens with zero attached hydrogens (tertiary/aromatic N) is 2. The molecule has 0 bridgehead atoms. The van der Waals surface area contributed by atoms with Crippen LogP contribution in [0.1, 0.15) is 31.9 Å². The van der Waals surface area contributed by atoms with Gasteiger partial charge in [-0.2, -0.15) is 8.42 Å². The maximum Gasteiger partial charge on any atom is 0.339 e. The van der Waals surface area contributed by atoms with Gasteiger partial charge in [0.05, 0.1) is 0 Å². The van der Waals surface area contributed by atoms with Gasteiger partial charge < -0.3 is 9.50 Å². The molecule has 0 atom stereocenters. The molecular formula is C25H27N3O3S. The minimum Gasteiger partial charge on any atom is -0.379 e. The molecule has 0 saturated carbocycles. The third-order valence-corrected chi connectivity index (χ3v) is 6.16. The fourth-order valence-corrected chi connectivity index (χ4v) is 4.32. The van der Waals surface area contributed by atoms with E-state index in [-0.39, 0.29) is 16.2 Å². The first-order valence-corrected chi connectivity index (χ1v) is 11.8. The van der Waals surface area contributed by atoms with Gasteiger partial charge in [0.25, 0.3) is 0 Å². The molecule has 0 aliphatic carbocycles. The molecule has 1 N–H and O–H groups in total. The molecule has 0 aliphatic rings. The highest BCUT2D eigenvalue weighted by Crippen LogP contribution is 2.33. The summed E-state index contributed by atoms with van der Waals surface area (Å²) in [6.07, 6.45) is 1.98. The number of nitrogens with one attached hydrogen (secondary N) is 1. The molecule has 0 unspecified atom stereocenters. The first kappa shape index (κ1) is 21.9. The molecule has 6 nitrogen and oxygen atoms in total. The predicted octanol–water partition coefficient (Wildman–Crippen LogP) is 5.60. The number of aryl methyl sites for hydroxylation is 2. The van der Waals surface area contributed by atoms with Crippen molar-refractivity contribution in [1.82, 2.24) is 9.38 Å². The minimum atomic E-state index is -3.94. The van der Waals surface area contributed by atoms with Gasteiger partial charge in [-0.3, -0.25) is 4.40 Å². The van der Waals surface area contributed by atoms with E-state index in [0.29, 0.717) is 0 Å². The summed E-state index contributed by atoms with van der Waals surface area (Å²) in [4.78, 5) is 4.95. The number of anilines is 1. The Morgan fingerprint density at radius 3 is 2.34 bits per heavy atom. The highest BCUT2D eigenvalue weighted by Gasteiger charge is 2.21. The number of hydrogen-bond acceptors (Lipinski definition) is 5. The number of pyridine rings is 1. The average Bonchev–Trinajstić information content (AvgIpc) is 3.04. The summed E-state index contributed by atoms with van der Waals surface area (Å²) < 4.78 is 32.9. The lowest BCUT2D eigenvalue weighted by Crippen LogP contribution is -2.27. The van der Waals surface area contributed by atoms with E-state index in [2.05, 4.69) is 26.1 Å². The highest BCUT2D eigenvalue weighted by molar-refractivity contribution is 7.87. The summed E-state index contributed by atoms with van der Waals surface area (Å²) >= 11 is 0. The molecule has 7 heteroatoms. The Labute approximate surface area is 189 Å². The smallest absolute Gasteiger partial charge is 0.339 e. The Bertz CT molecular complexity index is 1380. The average molecular weight is 450 g/mol. The van der Waals surface area contributed by atoms with Gasteiger partial charge in [0.15, 0.2) is 0 Å². The van der Waals surface area contributed by atoms with Crippen molar-refractivity contribution in [2.45, 2.75) is 45.1 Å². The van der Waals surface area contributed by atoms with Crippen LogP contribution in [0.4, 0.5) is 5.82 Å². The topological polar surface area (TPSA) is 72.7 Å². The van der Waals surface area contributed by atoms with Crippen LogP contribution in [-0.2, 0) is 10.1 Å². The van der Waals surface area contributed by atoms with E-state index in [4.69, 9.17) is 9.17 Å². The van der Waals surface area contributed by atoms with E-state index in [9.17, 15) is 8.42 Å². The van der Waals surface area contributed by atoms with E-state index in [1.54, 1.807) is 42.5 Å². The molecule has 0 radical (unpaired) electrons. The van der Waals surface area contributed by atoms with Gasteiger partial charge in [-0.05, 0) is 76.6 Å². The molecule has 0 spiro atoms. The second-order valence-electron chi connectivity index (χ2n) is 8.99. The first-order valence-electron chi connectivity index (χ1n) is 10.4. The molecular weight excluding hydrogens is 422 g/mol. The van der Waals surface area contributed by atoms with E-state index in [0.717, 1.165) is 33.8 Å². The Hall–Kier alpha value is -3.32. The van der Waals surface area contributed by atoms with Gasteiger partial charge in [0.2, 0.25) is 0 Å². The maximum atomic E-state index is 12.7. The molecule has 166 valence electrons. The van der Waals surface area contributed by atoms with Gasteiger partial charge in [-0.15, -0.1) is 0 Å². The van der Waals surface area contributed by atoms with Crippen molar-refractivity contribution in [2.75, 3.05) is 5.32 Å². The van der Waals surface area contributed by atoms with Crippen molar-refractivity contribution in [3.63, 3.8) is 0 Å². The number of fused-ring (bicyclic) bond motifs is 1. The van der Waals surface area contributed by atoms with Crippen molar-refractivity contribution in [3.05, 3.63) is 78.0 Å². The molecule has 0 saturated heterocycles. The zero-order chi connectivity index (χ0) is 23.1. The lowest BCUT2D eigenvalue weighted by atomic mass is 10.1. The summed E-state index contributed by atoms with van der Waals surface area (Å²) in [5.74, 6) is 1.07. The summed E-state index contributed by atoms with van der Waals surface area (Å²) in [5.41, 5.74) is 4.19. The first-order chi connectivity index (χ1) is 15.0. The SMILES string of the molecule is Cc1ccc(S(=O)(=O)Oc2cccc(-c3nc4cc(C)ccn4c3NC(C)(C)C)c2)cc1. The summed E-state index contributed by atoms with van der Waals surface area (Å²) in [5, 5.41) is 3.53. The van der Waals surface area contributed by atoms with Crippen LogP contribution in [0.2, 0.25) is 0 Å². The van der Waals surface area contributed by atoms with Crippen LogP contribution >= 0.6 is 0 Å². The quantitative estimate of drug-likeness (QED) is 0.402. The van der Waals surface area contributed by atoms with Crippen LogP contribution in [0.25, 0.3) is 16.9 Å². The monoisotopic (exact) mass is 449 g/mol. The van der Waals surface area contributed by atoms with Gasteiger partial charge in [0.1, 0.15) is 27.8 Å². The van der Waals surface area contributed by atoms with Crippen LogP contribution in [0.5, 0.6) is 5.75 Å². The molecule has 4 aromatic rings. The zero-order valence-electron chi connectivity index (χ0n) is 18.9. The Kier molecular flexibility index (Phi) is 5.46. The van der Waals surface area contributed by atoms with E-state index < -0.39 is 10.1 Å². The number of rotatable bonds is 5.